The van der Waals surface area contributed by atoms with Gasteiger partial charge >= 0.3 is 12.1 Å². The second kappa shape index (κ2) is 12.8. The Balaban J connectivity index is 4.26. The summed E-state index contributed by atoms with van der Waals surface area (Å²) in [6.45, 7) is 4.71. The highest BCUT2D eigenvalue weighted by Gasteiger charge is 2.24. The number of nitrogens with one attached hydrogen (secondary N) is 1. The van der Waals surface area contributed by atoms with Crippen LogP contribution in [0.4, 0.5) is 4.79 Å². The smallest absolute Gasteiger partial charge is 0.406 e. The summed E-state index contributed by atoms with van der Waals surface area (Å²) in [6.07, 6.45) is -1.33. The predicted molar refractivity (Wildman–Crippen MR) is 92.4 cm³/mol. The number of hydrogen-bond donors (Lipinski definition) is 2. The first-order valence-electron chi connectivity index (χ1n) is 8.29. The lowest BCUT2D eigenvalue weighted by molar-refractivity contribution is -0.147. The van der Waals surface area contributed by atoms with E-state index in [-0.39, 0.29) is 45.2 Å². The standard InChI is InChI=1S/C15H29NO9S/c1-5-14(17)24-8-11(2)22-7-6-13(26(19,20)21)10-23-12(3)9-25-15(18)16-4/h11-13H,5-10H2,1-4H3,(H,16,18)(H,19,20,21). The van der Waals surface area contributed by atoms with E-state index in [1.807, 2.05) is 0 Å². The van der Waals surface area contributed by atoms with Crippen molar-refractivity contribution in [2.24, 2.45) is 0 Å². The fourth-order valence-electron chi connectivity index (χ4n) is 1.66. The number of ether oxygens (including phenoxy) is 4. The van der Waals surface area contributed by atoms with Crippen LogP contribution in [0.1, 0.15) is 33.6 Å². The largest absolute Gasteiger partial charge is 0.463 e. The van der Waals surface area contributed by atoms with Crippen molar-refractivity contribution in [2.45, 2.75) is 51.1 Å². The maximum Gasteiger partial charge on any atom is 0.406 e. The van der Waals surface area contributed by atoms with E-state index in [9.17, 15) is 22.6 Å². The van der Waals surface area contributed by atoms with Gasteiger partial charge in [0.25, 0.3) is 10.1 Å². The van der Waals surface area contributed by atoms with Crippen molar-refractivity contribution in [3.8, 4) is 0 Å². The van der Waals surface area contributed by atoms with Crippen LogP contribution in [-0.2, 0) is 33.9 Å². The van der Waals surface area contributed by atoms with E-state index in [0.717, 1.165) is 0 Å². The zero-order valence-corrected chi connectivity index (χ0v) is 16.4. The molecule has 0 heterocycles. The molecule has 3 unspecified atom stereocenters. The van der Waals surface area contributed by atoms with E-state index in [1.165, 1.54) is 7.05 Å². The van der Waals surface area contributed by atoms with Gasteiger partial charge < -0.3 is 24.3 Å². The molecule has 0 aromatic heterocycles. The number of alkyl carbamates (subject to hydrolysis) is 1. The number of rotatable bonds is 13. The Labute approximate surface area is 154 Å². The van der Waals surface area contributed by atoms with E-state index in [2.05, 4.69) is 5.32 Å². The third-order valence-corrected chi connectivity index (χ3v) is 4.47. The highest BCUT2D eigenvalue weighted by Crippen LogP contribution is 2.09. The molecule has 0 rings (SSSR count). The van der Waals surface area contributed by atoms with Crippen molar-refractivity contribution in [1.82, 2.24) is 5.32 Å². The molecule has 0 spiro atoms. The molecule has 0 bridgehead atoms. The Morgan fingerprint density at radius 2 is 1.62 bits per heavy atom. The number of amides is 1. The van der Waals surface area contributed by atoms with Crippen molar-refractivity contribution in [1.29, 1.82) is 0 Å². The summed E-state index contributed by atoms with van der Waals surface area (Å²) < 4.78 is 52.6. The minimum absolute atomic E-state index is 0.00603. The second-order valence-electron chi connectivity index (χ2n) is 5.64. The summed E-state index contributed by atoms with van der Waals surface area (Å²) >= 11 is 0. The fraction of sp³-hybridized carbons (Fsp3) is 0.867. The van der Waals surface area contributed by atoms with Gasteiger partial charge in [0.1, 0.15) is 18.5 Å². The molecule has 0 aliphatic rings. The summed E-state index contributed by atoms with van der Waals surface area (Å²) in [6, 6.07) is 0. The van der Waals surface area contributed by atoms with Crippen LogP contribution in [0.3, 0.4) is 0 Å². The Morgan fingerprint density at radius 3 is 2.15 bits per heavy atom. The van der Waals surface area contributed by atoms with E-state index in [0.29, 0.717) is 0 Å². The first kappa shape index (κ1) is 24.6. The van der Waals surface area contributed by atoms with Gasteiger partial charge in [-0.25, -0.2) is 4.79 Å². The van der Waals surface area contributed by atoms with Crippen LogP contribution in [0, 0.1) is 0 Å². The van der Waals surface area contributed by atoms with Crippen LogP contribution in [0.15, 0.2) is 0 Å². The molecule has 10 nitrogen and oxygen atoms in total. The van der Waals surface area contributed by atoms with Crippen LogP contribution >= 0.6 is 0 Å². The van der Waals surface area contributed by atoms with Crippen LogP contribution < -0.4 is 5.32 Å². The summed E-state index contributed by atoms with van der Waals surface area (Å²) in [4.78, 5) is 22.0. The molecule has 0 saturated heterocycles. The topological polar surface area (TPSA) is 137 Å². The molecule has 0 aromatic carbocycles. The number of carbonyl (C=O) groups is 2. The number of hydrogen-bond acceptors (Lipinski definition) is 8. The zero-order chi connectivity index (χ0) is 20.2. The van der Waals surface area contributed by atoms with E-state index >= 15 is 0 Å². The molecule has 3 atom stereocenters. The lowest BCUT2D eigenvalue weighted by Crippen LogP contribution is -2.32. The molecule has 1 amide bonds. The Hall–Kier alpha value is -1.43. The molecule has 154 valence electrons. The summed E-state index contributed by atoms with van der Waals surface area (Å²) in [5.41, 5.74) is 0. The van der Waals surface area contributed by atoms with Gasteiger partial charge in [-0.1, -0.05) is 6.92 Å². The van der Waals surface area contributed by atoms with Crippen molar-refractivity contribution >= 4 is 22.2 Å². The van der Waals surface area contributed by atoms with Gasteiger partial charge in [0.2, 0.25) is 0 Å². The van der Waals surface area contributed by atoms with E-state index in [1.54, 1.807) is 20.8 Å². The average Bonchev–Trinajstić information content (AvgIpc) is 2.58. The third-order valence-electron chi connectivity index (χ3n) is 3.25. The van der Waals surface area contributed by atoms with Gasteiger partial charge in [-0.3, -0.25) is 9.35 Å². The third kappa shape index (κ3) is 12.0. The Morgan fingerprint density at radius 1 is 1.04 bits per heavy atom. The summed E-state index contributed by atoms with van der Waals surface area (Å²) in [5, 5.41) is 1.08. The SMILES string of the molecule is CCC(=O)OCC(C)OCCC(COC(C)COC(=O)NC)S(=O)(=O)O. The minimum Gasteiger partial charge on any atom is -0.463 e. The average molecular weight is 399 g/mol. The molecule has 11 heteroatoms. The Bertz CT molecular complexity index is 523. The highest BCUT2D eigenvalue weighted by molar-refractivity contribution is 7.86. The number of carbonyl (C=O) groups excluding carboxylic acids is 2. The first-order valence-corrected chi connectivity index (χ1v) is 9.80. The Kier molecular flexibility index (Phi) is 12.1. The lowest BCUT2D eigenvalue weighted by atomic mass is 10.3. The fourth-order valence-corrected chi connectivity index (χ4v) is 2.31. The second-order valence-corrected chi connectivity index (χ2v) is 7.33. The molecule has 0 aromatic rings. The van der Waals surface area contributed by atoms with Gasteiger partial charge in [0.05, 0.1) is 18.8 Å². The summed E-state index contributed by atoms with van der Waals surface area (Å²) in [5.74, 6) is -0.349. The maximum absolute atomic E-state index is 11.4. The molecule has 0 aliphatic carbocycles. The molecular formula is C15H29NO9S. The lowest BCUT2D eigenvalue weighted by Gasteiger charge is -2.19. The van der Waals surface area contributed by atoms with Gasteiger partial charge in [-0.05, 0) is 20.3 Å². The van der Waals surface area contributed by atoms with Gasteiger partial charge in [-0.2, -0.15) is 8.42 Å². The van der Waals surface area contributed by atoms with Crippen LogP contribution in [-0.4, -0.2) is 76.0 Å². The van der Waals surface area contributed by atoms with E-state index in [4.69, 9.17) is 18.9 Å². The van der Waals surface area contributed by atoms with Crippen molar-refractivity contribution in [3.05, 3.63) is 0 Å². The first-order chi connectivity index (χ1) is 12.1. The molecule has 0 radical (unpaired) electrons. The van der Waals surface area contributed by atoms with Crippen molar-refractivity contribution in [2.75, 3.05) is 33.5 Å². The normalized spacial score (nSPS) is 15.0. The summed E-state index contributed by atoms with van der Waals surface area (Å²) in [7, 11) is -2.93. The number of esters is 1. The molecular weight excluding hydrogens is 370 g/mol. The van der Waals surface area contributed by atoms with Gasteiger partial charge in [0, 0.05) is 20.1 Å². The quantitative estimate of drug-likeness (QED) is 0.339. The van der Waals surface area contributed by atoms with Crippen LogP contribution in [0.2, 0.25) is 0 Å². The van der Waals surface area contributed by atoms with Crippen LogP contribution in [0.25, 0.3) is 0 Å². The molecule has 2 N–H and O–H groups in total. The molecule has 0 aliphatic heterocycles. The molecule has 0 fully saturated rings. The van der Waals surface area contributed by atoms with Crippen LogP contribution in [0.5, 0.6) is 0 Å². The van der Waals surface area contributed by atoms with E-state index < -0.39 is 33.7 Å². The van der Waals surface area contributed by atoms with Gasteiger partial charge in [-0.15, -0.1) is 0 Å². The monoisotopic (exact) mass is 399 g/mol. The van der Waals surface area contributed by atoms with Gasteiger partial charge in [0.15, 0.2) is 0 Å². The highest BCUT2D eigenvalue weighted by atomic mass is 32.2. The van der Waals surface area contributed by atoms with Crippen molar-refractivity contribution in [3.63, 3.8) is 0 Å². The predicted octanol–water partition coefficient (Wildman–Crippen LogP) is 0.752. The molecule has 0 saturated carbocycles. The molecule has 26 heavy (non-hydrogen) atoms. The maximum atomic E-state index is 11.4. The zero-order valence-electron chi connectivity index (χ0n) is 15.6. The van der Waals surface area contributed by atoms with Crippen molar-refractivity contribution < 1.29 is 41.5 Å². The minimum atomic E-state index is -4.33.